The summed E-state index contributed by atoms with van der Waals surface area (Å²) in [5.41, 5.74) is 0. The van der Waals surface area contributed by atoms with E-state index in [1.807, 2.05) is 27.7 Å². The molecular weight excluding hydrogens is 158 g/mol. The van der Waals surface area contributed by atoms with Crippen LogP contribution in [0.5, 0.6) is 0 Å². The van der Waals surface area contributed by atoms with Crippen LogP contribution < -0.4 is 0 Å². The number of hydrogen-bond acceptors (Lipinski definition) is 1. The highest BCUT2D eigenvalue weighted by Gasteiger charge is 2.14. The van der Waals surface area contributed by atoms with Crippen molar-refractivity contribution in [2.45, 2.75) is 66.8 Å². The molecule has 0 bridgehead atoms. The van der Waals surface area contributed by atoms with Crippen LogP contribution in [-0.2, 0) is 0 Å². The van der Waals surface area contributed by atoms with E-state index in [1.165, 1.54) is 32.4 Å². The van der Waals surface area contributed by atoms with Gasteiger partial charge >= 0.3 is 0 Å². The molecule has 1 atom stereocenters. The average Bonchev–Trinajstić information content (AvgIpc) is 2.24. The van der Waals surface area contributed by atoms with Gasteiger partial charge in [-0.2, -0.15) is 0 Å². The maximum Gasteiger partial charge on any atom is 0.00668 e. The monoisotopic (exact) mass is 187 g/mol. The zero-order chi connectivity index (χ0) is 10.7. The fourth-order valence-electron chi connectivity index (χ4n) is 1.63. The summed E-state index contributed by atoms with van der Waals surface area (Å²) in [5.74, 6) is 0. The van der Waals surface area contributed by atoms with E-state index in [0.29, 0.717) is 0 Å². The summed E-state index contributed by atoms with van der Waals surface area (Å²) >= 11 is 0. The standard InChI is InChI=1S/C8H17N.2C2H6/c1-3-9-7-5-4-6-8(9)2;2*1-2/h8H,3-7H2,1-2H3;2*1-2H3. The number of rotatable bonds is 1. The summed E-state index contributed by atoms with van der Waals surface area (Å²) in [5, 5.41) is 0. The molecule has 1 saturated heterocycles. The van der Waals surface area contributed by atoms with E-state index in [2.05, 4.69) is 18.7 Å². The van der Waals surface area contributed by atoms with Crippen molar-refractivity contribution in [3.8, 4) is 0 Å². The molecule has 1 aliphatic rings. The molecular formula is C12H29N. The summed E-state index contributed by atoms with van der Waals surface area (Å²) in [4.78, 5) is 2.56. The highest BCUT2D eigenvalue weighted by Crippen LogP contribution is 2.14. The van der Waals surface area contributed by atoms with E-state index in [4.69, 9.17) is 0 Å². The predicted octanol–water partition coefficient (Wildman–Crippen LogP) is 3.93. The van der Waals surface area contributed by atoms with Crippen LogP contribution in [0.4, 0.5) is 0 Å². The molecule has 82 valence electrons. The van der Waals surface area contributed by atoms with Crippen molar-refractivity contribution < 1.29 is 0 Å². The van der Waals surface area contributed by atoms with E-state index in [-0.39, 0.29) is 0 Å². The topological polar surface area (TPSA) is 3.24 Å². The van der Waals surface area contributed by atoms with Crippen molar-refractivity contribution in [2.24, 2.45) is 0 Å². The Balaban J connectivity index is 0. The summed E-state index contributed by atoms with van der Waals surface area (Å²) in [6.45, 7) is 15.2. The third-order valence-corrected chi connectivity index (χ3v) is 2.35. The first kappa shape index (κ1) is 15.4. The Bertz CT molecular complexity index is 81.2. The van der Waals surface area contributed by atoms with Crippen LogP contribution in [0.2, 0.25) is 0 Å². The normalized spacial score (nSPS) is 22.2. The molecule has 1 rings (SSSR count). The Morgan fingerprint density at radius 2 is 1.62 bits per heavy atom. The van der Waals surface area contributed by atoms with Gasteiger partial charge in [-0.3, -0.25) is 0 Å². The van der Waals surface area contributed by atoms with Crippen LogP contribution in [-0.4, -0.2) is 24.0 Å². The van der Waals surface area contributed by atoms with Gasteiger partial charge in [0.25, 0.3) is 0 Å². The van der Waals surface area contributed by atoms with Gasteiger partial charge in [-0.25, -0.2) is 0 Å². The molecule has 0 radical (unpaired) electrons. The van der Waals surface area contributed by atoms with Crippen LogP contribution in [0.3, 0.4) is 0 Å². The minimum Gasteiger partial charge on any atom is -0.301 e. The molecule has 13 heavy (non-hydrogen) atoms. The lowest BCUT2D eigenvalue weighted by Gasteiger charge is -2.31. The largest absolute Gasteiger partial charge is 0.301 e. The van der Waals surface area contributed by atoms with Crippen LogP contribution in [0.15, 0.2) is 0 Å². The highest BCUT2D eigenvalue weighted by molar-refractivity contribution is 4.70. The maximum absolute atomic E-state index is 2.56. The Labute approximate surface area is 85.5 Å². The summed E-state index contributed by atoms with van der Waals surface area (Å²) in [6, 6.07) is 0.851. The molecule has 0 aromatic rings. The molecule has 0 aromatic heterocycles. The number of nitrogens with zero attached hydrogens (tertiary/aromatic N) is 1. The second-order valence-electron chi connectivity index (χ2n) is 2.97. The number of likely N-dealkylation sites (tertiary alicyclic amines) is 1. The van der Waals surface area contributed by atoms with Gasteiger partial charge in [0, 0.05) is 6.04 Å². The molecule has 0 aliphatic carbocycles. The van der Waals surface area contributed by atoms with Crippen LogP contribution in [0.25, 0.3) is 0 Å². The van der Waals surface area contributed by atoms with E-state index in [1.54, 1.807) is 0 Å². The lowest BCUT2D eigenvalue weighted by atomic mass is 10.0. The SMILES string of the molecule is CC.CC.CCN1CCCCC1C. The summed E-state index contributed by atoms with van der Waals surface area (Å²) in [6.07, 6.45) is 4.27. The van der Waals surface area contributed by atoms with Crippen molar-refractivity contribution in [1.82, 2.24) is 4.90 Å². The Kier molecular flexibility index (Phi) is 14.2. The highest BCUT2D eigenvalue weighted by atomic mass is 15.1. The van der Waals surface area contributed by atoms with Crippen LogP contribution >= 0.6 is 0 Å². The molecule has 0 aromatic carbocycles. The lowest BCUT2D eigenvalue weighted by molar-refractivity contribution is 0.169. The van der Waals surface area contributed by atoms with E-state index in [9.17, 15) is 0 Å². The molecule has 1 fully saturated rings. The van der Waals surface area contributed by atoms with Crippen molar-refractivity contribution in [2.75, 3.05) is 13.1 Å². The van der Waals surface area contributed by atoms with Crippen molar-refractivity contribution in [1.29, 1.82) is 0 Å². The fourth-order valence-corrected chi connectivity index (χ4v) is 1.63. The Morgan fingerprint density at radius 3 is 1.92 bits per heavy atom. The Morgan fingerprint density at radius 1 is 1.08 bits per heavy atom. The van der Waals surface area contributed by atoms with Gasteiger partial charge in [-0.15, -0.1) is 0 Å². The molecule has 0 saturated carbocycles. The minimum absolute atomic E-state index is 0.851. The van der Waals surface area contributed by atoms with Crippen molar-refractivity contribution in [3.63, 3.8) is 0 Å². The molecule has 1 nitrogen and oxygen atoms in total. The van der Waals surface area contributed by atoms with Crippen LogP contribution in [0.1, 0.15) is 60.8 Å². The summed E-state index contributed by atoms with van der Waals surface area (Å²) in [7, 11) is 0. The minimum atomic E-state index is 0.851. The molecule has 1 heteroatoms. The predicted molar refractivity (Wildman–Crippen MR) is 63.3 cm³/mol. The van der Waals surface area contributed by atoms with Crippen LogP contribution in [0, 0.1) is 0 Å². The maximum atomic E-state index is 2.56. The van der Waals surface area contributed by atoms with E-state index < -0.39 is 0 Å². The van der Waals surface area contributed by atoms with Gasteiger partial charge in [-0.1, -0.05) is 41.0 Å². The molecule has 1 aliphatic heterocycles. The first-order valence-electron chi connectivity index (χ1n) is 6.08. The molecule has 0 spiro atoms. The Hall–Kier alpha value is -0.0400. The first-order valence-corrected chi connectivity index (χ1v) is 6.08. The van der Waals surface area contributed by atoms with Gasteiger partial charge in [0.1, 0.15) is 0 Å². The zero-order valence-corrected chi connectivity index (χ0v) is 10.6. The second kappa shape index (κ2) is 12.0. The molecule has 0 amide bonds. The zero-order valence-electron chi connectivity index (χ0n) is 10.6. The van der Waals surface area contributed by atoms with Gasteiger partial charge in [-0.05, 0) is 32.9 Å². The fraction of sp³-hybridized carbons (Fsp3) is 1.00. The molecule has 1 unspecified atom stereocenters. The molecule has 0 N–H and O–H groups in total. The van der Waals surface area contributed by atoms with Gasteiger partial charge in [0.15, 0.2) is 0 Å². The average molecular weight is 187 g/mol. The number of piperidine rings is 1. The summed E-state index contributed by atoms with van der Waals surface area (Å²) < 4.78 is 0. The third-order valence-electron chi connectivity index (χ3n) is 2.35. The van der Waals surface area contributed by atoms with Crippen molar-refractivity contribution in [3.05, 3.63) is 0 Å². The van der Waals surface area contributed by atoms with E-state index in [0.717, 1.165) is 6.04 Å². The van der Waals surface area contributed by atoms with Gasteiger partial charge in [0.05, 0.1) is 0 Å². The smallest absolute Gasteiger partial charge is 0.00668 e. The first-order chi connectivity index (χ1) is 6.34. The quantitative estimate of drug-likeness (QED) is 0.601. The lowest BCUT2D eigenvalue weighted by Crippen LogP contribution is -2.36. The van der Waals surface area contributed by atoms with Gasteiger partial charge < -0.3 is 4.90 Å². The van der Waals surface area contributed by atoms with Gasteiger partial charge in [0.2, 0.25) is 0 Å². The number of hydrogen-bond donors (Lipinski definition) is 0. The van der Waals surface area contributed by atoms with Crippen molar-refractivity contribution >= 4 is 0 Å². The second-order valence-corrected chi connectivity index (χ2v) is 2.97. The van der Waals surface area contributed by atoms with E-state index >= 15 is 0 Å². The molecule has 1 heterocycles. The third kappa shape index (κ3) is 7.06.